The zero-order valence-corrected chi connectivity index (χ0v) is 16.3. The van der Waals surface area contributed by atoms with E-state index < -0.39 is 0 Å². The average molecular weight is 392 g/mol. The Hall–Kier alpha value is -2.72. The predicted octanol–water partition coefficient (Wildman–Crippen LogP) is 5.24. The highest BCUT2D eigenvalue weighted by Gasteiger charge is 2.35. The van der Waals surface area contributed by atoms with Crippen molar-refractivity contribution in [3.8, 4) is 0 Å². The molecule has 3 aromatic rings. The zero-order valence-electron chi connectivity index (χ0n) is 15.6. The minimum Gasteiger partial charge on any atom is -0.411 e. The van der Waals surface area contributed by atoms with Crippen LogP contribution in [0.2, 0.25) is 5.02 Å². The normalized spacial score (nSPS) is 20.0. The molecule has 0 amide bonds. The minimum absolute atomic E-state index is 0.378. The molecule has 2 bridgehead atoms. The molecular weight excluding hydrogens is 370 g/mol. The molecule has 4 nitrogen and oxygen atoms in total. The topological polar surface area (TPSA) is 40.8 Å². The molecule has 3 saturated heterocycles. The van der Waals surface area contributed by atoms with Crippen LogP contribution in [0.25, 0.3) is 17.0 Å². The maximum atomic E-state index is 9.60. The molecule has 3 aliphatic rings. The molecule has 0 unspecified atom stereocenters. The lowest BCUT2D eigenvalue weighted by Gasteiger charge is -2.42. The van der Waals surface area contributed by atoms with E-state index in [1.54, 1.807) is 0 Å². The fourth-order valence-electron chi connectivity index (χ4n) is 4.52. The van der Waals surface area contributed by atoms with E-state index in [0.29, 0.717) is 5.92 Å². The van der Waals surface area contributed by atoms with Gasteiger partial charge in [0.15, 0.2) is 0 Å². The monoisotopic (exact) mass is 391 g/mol. The Labute approximate surface area is 169 Å². The fourth-order valence-corrected chi connectivity index (χ4v) is 4.64. The summed E-state index contributed by atoms with van der Waals surface area (Å²) in [6.07, 6.45) is 6.55. The highest BCUT2D eigenvalue weighted by Crippen LogP contribution is 2.35. The summed E-state index contributed by atoms with van der Waals surface area (Å²) < 4.78 is 2.27. The molecular formula is C23H22ClN3O. The van der Waals surface area contributed by atoms with Gasteiger partial charge in [-0.05, 0) is 42.7 Å². The minimum atomic E-state index is 0.378. The summed E-state index contributed by atoms with van der Waals surface area (Å²) in [6.45, 7) is 2.87. The molecule has 2 aromatic carbocycles. The predicted molar refractivity (Wildman–Crippen MR) is 114 cm³/mol. The molecule has 1 N–H and O–H groups in total. The lowest BCUT2D eigenvalue weighted by atomic mass is 9.83. The average Bonchev–Trinajstić information content (AvgIpc) is 3.08. The number of benzene rings is 2. The summed E-state index contributed by atoms with van der Waals surface area (Å²) in [7, 11) is 0. The van der Waals surface area contributed by atoms with Gasteiger partial charge in [0.05, 0.1) is 5.70 Å². The van der Waals surface area contributed by atoms with Crippen LogP contribution in [0.5, 0.6) is 0 Å². The number of hydrogen-bond acceptors (Lipinski definition) is 3. The van der Waals surface area contributed by atoms with E-state index >= 15 is 0 Å². The Kier molecular flexibility index (Phi) is 4.36. The number of halogens is 1. The standard InChI is InChI=1S/C23H22ClN3O/c24-19-7-5-16(6-8-19)14-27-15-18(20-3-1-2-4-21(20)27)13-22-23(25-28)17-9-11-26(22)12-10-17/h1-8,13,15,17,28H,9-12,14H2/b22-13-,25-23+. The van der Waals surface area contributed by atoms with Gasteiger partial charge in [-0.15, -0.1) is 0 Å². The van der Waals surface area contributed by atoms with Gasteiger partial charge in [0, 0.05) is 53.2 Å². The van der Waals surface area contributed by atoms with Gasteiger partial charge in [-0.25, -0.2) is 0 Å². The number of para-hydroxylation sites is 1. The van der Waals surface area contributed by atoms with Crippen LogP contribution in [0.15, 0.2) is 65.6 Å². The van der Waals surface area contributed by atoms with Crippen molar-refractivity contribution in [3.63, 3.8) is 0 Å². The lowest BCUT2D eigenvalue weighted by Crippen LogP contribution is -2.46. The summed E-state index contributed by atoms with van der Waals surface area (Å²) >= 11 is 6.03. The SMILES string of the molecule is O/N=C1/C(=C/c2cn(Cc3ccc(Cl)cc3)c3ccccc23)N2CCC1CC2. The van der Waals surface area contributed by atoms with Gasteiger partial charge < -0.3 is 14.7 Å². The molecule has 5 heteroatoms. The number of piperidine rings is 3. The number of aromatic nitrogens is 1. The third kappa shape index (κ3) is 2.98. The van der Waals surface area contributed by atoms with Crippen LogP contribution in [-0.2, 0) is 6.54 Å². The first-order valence-corrected chi connectivity index (χ1v) is 10.1. The van der Waals surface area contributed by atoms with E-state index in [1.165, 1.54) is 16.5 Å². The molecule has 0 aliphatic carbocycles. The van der Waals surface area contributed by atoms with Gasteiger partial charge in [-0.3, -0.25) is 0 Å². The van der Waals surface area contributed by atoms with Gasteiger partial charge in [-0.1, -0.05) is 47.1 Å². The van der Waals surface area contributed by atoms with Crippen molar-refractivity contribution in [2.45, 2.75) is 19.4 Å². The van der Waals surface area contributed by atoms with Crippen LogP contribution in [0.1, 0.15) is 24.0 Å². The van der Waals surface area contributed by atoms with E-state index in [9.17, 15) is 5.21 Å². The van der Waals surface area contributed by atoms with Crippen molar-refractivity contribution < 1.29 is 5.21 Å². The van der Waals surface area contributed by atoms with Crippen LogP contribution < -0.4 is 0 Å². The molecule has 0 radical (unpaired) electrons. The molecule has 0 spiro atoms. The van der Waals surface area contributed by atoms with Crippen LogP contribution in [0, 0.1) is 5.92 Å². The second kappa shape index (κ2) is 7.02. The van der Waals surface area contributed by atoms with E-state index in [2.05, 4.69) is 63.3 Å². The maximum absolute atomic E-state index is 9.60. The number of fused-ring (bicyclic) bond motifs is 4. The smallest absolute Gasteiger partial charge is 0.106 e. The number of allylic oxidation sites excluding steroid dienone is 1. The highest BCUT2D eigenvalue weighted by molar-refractivity contribution is 6.30. The van der Waals surface area contributed by atoms with E-state index in [1.807, 2.05) is 12.1 Å². The van der Waals surface area contributed by atoms with Crippen molar-refractivity contribution in [2.75, 3.05) is 13.1 Å². The third-order valence-corrected chi connectivity index (χ3v) is 6.22. The summed E-state index contributed by atoms with van der Waals surface area (Å²) in [5.74, 6) is 0.378. The Morgan fingerprint density at radius 1 is 1.07 bits per heavy atom. The molecule has 3 fully saturated rings. The second-order valence-corrected chi connectivity index (χ2v) is 8.07. The summed E-state index contributed by atoms with van der Waals surface area (Å²) in [4.78, 5) is 2.35. The van der Waals surface area contributed by atoms with Gasteiger partial charge >= 0.3 is 0 Å². The molecule has 3 aliphatic heterocycles. The number of oxime groups is 1. The second-order valence-electron chi connectivity index (χ2n) is 7.63. The van der Waals surface area contributed by atoms with Gasteiger partial charge in [0.2, 0.25) is 0 Å². The quantitative estimate of drug-likeness (QED) is 0.490. The van der Waals surface area contributed by atoms with Crippen molar-refractivity contribution in [2.24, 2.45) is 11.1 Å². The number of hydrogen-bond donors (Lipinski definition) is 1. The third-order valence-electron chi connectivity index (χ3n) is 5.97. The highest BCUT2D eigenvalue weighted by atomic mass is 35.5. The largest absolute Gasteiger partial charge is 0.411 e. The summed E-state index contributed by atoms with van der Waals surface area (Å²) in [5, 5.41) is 15.2. The van der Waals surface area contributed by atoms with Crippen molar-refractivity contribution in [1.29, 1.82) is 0 Å². The molecule has 0 atom stereocenters. The van der Waals surface area contributed by atoms with Crippen LogP contribution in [0.3, 0.4) is 0 Å². The number of nitrogens with zero attached hydrogens (tertiary/aromatic N) is 3. The summed E-state index contributed by atoms with van der Waals surface area (Å²) in [6, 6.07) is 16.5. The maximum Gasteiger partial charge on any atom is 0.106 e. The molecule has 0 saturated carbocycles. The Balaban J connectivity index is 1.58. The van der Waals surface area contributed by atoms with E-state index in [4.69, 9.17) is 11.6 Å². The molecule has 28 heavy (non-hydrogen) atoms. The van der Waals surface area contributed by atoms with Crippen LogP contribution in [0.4, 0.5) is 0 Å². The van der Waals surface area contributed by atoms with Gasteiger partial charge in [0.25, 0.3) is 0 Å². The zero-order chi connectivity index (χ0) is 19.1. The van der Waals surface area contributed by atoms with Gasteiger partial charge in [-0.2, -0.15) is 0 Å². The van der Waals surface area contributed by atoms with Gasteiger partial charge in [0.1, 0.15) is 5.71 Å². The lowest BCUT2D eigenvalue weighted by molar-refractivity contribution is 0.229. The first-order chi connectivity index (χ1) is 13.7. The first kappa shape index (κ1) is 17.4. The van der Waals surface area contributed by atoms with E-state index in [0.717, 1.165) is 54.5 Å². The number of rotatable bonds is 3. The molecule has 4 heterocycles. The van der Waals surface area contributed by atoms with Crippen molar-refractivity contribution in [3.05, 3.63) is 76.6 Å². The van der Waals surface area contributed by atoms with Crippen LogP contribution in [-0.4, -0.2) is 33.5 Å². The molecule has 142 valence electrons. The Bertz CT molecular complexity index is 1070. The summed E-state index contributed by atoms with van der Waals surface area (Å²) in [5.41, 5.74) is 5.48. The molecule has 6 rings (SSSR count). The van der Waals surface area contributed by atoms with E-state index in [-0.39, 0.29) is 0 Å². The fraction of sp³-hybridized carbons (Fsp3) is 0.261. The Morgan fingerprint density at radius 2 is 1.82 bits per heavy atom. The van der Waals surface area contributed by atoms with Crippen molar-refractivity contribution in [1.82, 2.24) is 9.47 Å². The first-order valence-electron chi connectivity index (χ1n) is 9.74. The van der Waals surface area contributed by atoms with Crippen LogP contribution >= 0.6 is 11.6 Å². The Morgan fingerprint density at radius 3 is 2.57 bits per heavy atom. The molecule has 1 aromatic heterocycles. The van der Waals surface area contributed by atoms with Crippen molar-refractivity contribution >= 4 is 34.3 Å².